The Kier molecular flexibility index (Phi) is 3.72. The predicted molar refractivity (Wildman–Crippen MR) is 82.3 cm³/mol. The van der Waals surface area contributed by atoms with Crippen molar-refractivity contribution in [3.8, 4) is 22.8 Å². The molecule has 0 unspecified atom stereocenters. The van der Waals surface area contributed by atoms with Gasteiger partial charge in [0.05, 0.1) is 5.69 Å². The normalized spacial score (nSPS) is 13.6. The van der Waals surface area contributed by atoms with Crippen LogP contribution in [0.25, 0.3) is 11.3 Å². The minimum absolute atomic E-state index is 0.221. The van der Waals surface area contributed by atoms with Gasteiger partial charge in [-0.15, -0.1) is 0 Å². The topological polar surface area (TPSA) is 44.2 Å². The maximum Gasteiger partial charge on any atom is 0.162 e. The lowest BCUT2D eigenvalue weighted by Crippen LogP contribution is -2.15. The summed E-state index contributed by atoms with van der Waals surface area (Å²) in [6, 6.07) is 5.84. The van der Waals surface area contributed by atoms with Crippen molar-refractivity contribution in [2.24, 2.45) is 0 Å². The molecule has 0 saturated carbocycles. The standard InChI is InChI=1S/C16H17ClN2O2/c1-9(2)16-18-14(10(3)15(17)19-16)11-4-5-12-13(8-11)21-7-6-20-12/h4-5,8-9H,6-7H2,1-3H3. The highest BCUT2D eigenvalue weighted by atomic mass is 35.5. The van der Waals surface area contributed by atoms with E-state index in [1.165, 1.54) is 0 Å². The minimum Gasteiger partial charge on any atom is -0.486 e. The summed E-state index contributed by atoms with van der Waals surface area (Å²) in [5.74, 6) is 2.49. The monoisotopic (exact) mass is 304 g/mol. The first-order valence-corrected chi connectivity index (χ1v) is 7.38. The quantitative estimate of drug-likeness (QED) is 0.787. The number of hydrogen-bond donors (Lipinski definition) is 0. The van der Waals surface area contributed by atoms with Crippen LogP contribution in [-0.4, -0.2) is 23.2 Å². The van der Waals surface area contributed by atoms with Crippen molar-refractivity contribution in [3.63, 3.8) is 0 Å². The third-order valence-corrected chi connectivity index (χ3v) is 3.80. The summed E-state index contributed by atoms with van der Waals surface area (Å²) in [5.41, 5.74) is 2.68. The molecule has 0 aliphatic carbocycles. The van der Waals surface area contributed by atoms with Crippen LogP contribution in [0.4, 0.5) is 0 Å². The lowest BCUT2D eigenvalue weighted by molar-refractivity contribution is 0.171. The molecule has 0 N–H and O–H groups in total. The molecule has 0 spiro atoms. The van der Waals surface area contributed by atoms with Gasteiger partial charge in [0.15, 0.2) is 11.5 Å². The molecule has 2 aromatic rings. The van der Waals surface area contributed by atoms with Gasteiger partial charge in [0, 0.05) is 17.0 Å². The van der Waals surface area contributed by atoms with E-state index in [4.69, 9.17) is 21.1 Å². The van der Waals surface area contributed by atoms with E-state index < -0.39 is 0 Å². The van der Waals surface area contributed by atoms with Gasteiger partial charge in [-0.25, -0.2) is 9.97 Å². The van der Waals surface area contributed by atoms with E-state index in [0.29, 0.717) is 18.4 Å². The second kappa shape index (κ2) is 5.53. The third-order valence-electron chi connectivity index (χ3n) is 3.44. The molecule has 0 bridgehead atoms. The Balaban J connectivity index is 2.11. The van der Waals surface area contributed by atoms with Crippen LogP contribution in [0.2, 0.25) is 5.15 Å². The fourth-order valence-electron chi connectivity index (χ4n) is 2.24. The van der Waals surface area contributed by atoms with Gasteiger partial charge in [-0.2, -0.15) is 0 Å². The van der Waals surface area contributed by atoms with Gasteiger partial charge < -0.3 is 9.47 Å². The Morgan fingerprint density at radius 1 is 1.10 bits per heavy atom. The molecule has 1 aliphatic rings. The highest BCUT2D eigenvalue weighted by Gasteiger charge is 2.17. The lowest BCUT2D eigenvalue weighted by Gasteiger charge is -2.19. The summed E-state index contributed by atoms with van der Waals surface area (Å²) >= 11 is 6.25. The molecule has 1 aromatic heterocycles. The molecule has 21 heavy (non-hydrogen) atoms. The minimum atomic E-state index is 0.221. The van der Waals surface area contributed by atoms with Gasteiger partial charge in [-0.1, -0.05) is 25.4 Å². The number of ether oxygens (including phenoxy) is 2. The van der Waals surface area contributed by atoms with Crippen LogP contribution in [0.3, 0.4) is 0 Å². The van der Waals surface area contributed by atoms with E-state index in [2.05, 4.69) is 23.8 Å². The van der Waals surface area contributed by atoms with Crippen molar-refractivity contribution in [3.05, 3.63) is 34.7 Å². The number of hydrogen-bond acceptors (Lipinski definition) is 4. The lowest BCUT2D eigenvalue weighted by atomic mass is 10.1. The molecule has 0 radical (unpaired) electrons. The third kappa shape index (κ3) is 2.68. The van der Waals surface area contributed by atoms with Crippen LogP contribution in [0.15, 0.2) is 18.2 Å². The summed E-state index contributed by atoms with van der Waals surface area (Å²) in [4.78, 5) is 9.00. The van der Waals surface area contributed by atoms with Gasteiger partial charge in [0.1, 0.15) is 24.2 Å². The zero-order valence-corrected chi connectivity index (χ0v) is 13.1. The summed E-state index contributed by atoms with van der Waals surface area (Å²) in [6.07, 6.45) is 0. The SMILES string of the molecule is Cc1c(Cl)nc(C(C)C)nc1-c1ccc2c(c1)OCCO2. The summed E-state index contributed by atoms with van der Waals surface area (Å²) < 4.78 is 11.2. The van der Waals surface area contributed by atoms with E-state index in [1.54, 1.807) is 0 Å². The zero-order valence-electron chi connectivity index (χ0n) is 12.3. The smallest absolute Gasteiger partial charge is 0.162 e. The number of fused-ring (bicyclic) bond motifs is 1. The summed E-state index contributed by atoms with van der Waals surface area (Å²) in [7, 11) is 0. The van der Waals surface area contributed by atoms with Crippen molar-refractivity contribution in [1.82, 2.24) is 9.97 Å². The van der Waals surface area contributed by atoms with Crippen molar-refractivity contribution >= 4 is 11.6 Å². The van der Waals surface area contributed by atoms with E-state index in [0.717, 1.165) is 34.1 Å². The molecule has 1 aromatic carbocycles. The van der Waals surface area contributed by atoms with Gasteiger partial charge in [0.25, 0.3) is 0 Å². The fourth-order valence-corrected chi connectivity index (χ4v) is 2.41. The van der Waals surface area contributed by atoms with Crippen molar-refractivity contribution in [2.75, 3.05) is 13.2 Å². The van der Waals surface area contributed by atoms with Gasteiger partial charge in [0.2, 0.25) is 0 Å². The number of nitrogens with zero attached hydrogens (tertiary/aromatic N) is 2. The molecule has 0 saturated heterocycles. The molecule has 1 aliphatic heterocycles. The highest BCUT2D eigenvalue weighted by molar-refractivity contribution is 6.30. The van der Waals surface area contributed by atoms with E-state index in [1.807, 2.05) is 25.1 Å². The van der Waals surface area contributed by atoms with Crippen LogP contribution >= 0.6 is 11.6 Å². The maximum absolute atomic E-state index is 6.25. The van der Waals surface area contributed by atoms with E-state index in [9.17, 15) is 0 Å². The Labute approximate surface area is 129 Å². The van der Waals surface area contributed by atoms with E-state index >= 15 is 0 Å². The largest absolute Gasteiger partial charge is 0.486 e. The van der Waals surface area contributed by atoms with Crippen LogP contribution in [0.1, 0.15) is 31.2 Å². The summed E-state index contributed by atoms with van der Waals surface area (Å²) in [5, 5.41) is 0.499. The molecular weight excluding hydrogens is 288 g/mol. The van der Waals surface area contributed by atoms with Crippen LogP contribution < -0.4 is 9.47 Å². The maximum atomic E-state index is 6.25. The van der Waals surface area contributed by atoms with Gasteiger partial charge >= 0.3 is 0 Å². The van der Waals surface area contributed by atoms with Crippen molar-refractivity contribution in [2.45, 2.75) is 26.7 Å². The summed E-state index contributed by atoms with van der Waals surface area (Å²) in [6.45, 7) is 7.18. The Morgan fingerprint density at radius 3 is 2.52 bits per heavy atom. The molecule has 3 rings (SSSR count). The van der Waals surface area contributed by atoms with Crippen molar-refractivity contribution in [1.29, 1.82) is 0 Å². The average molecular weight is 305 g/mol. The second-order valence-corrected chi connectivity index (χ2v) is 5.72. The zero-order chi connectivity index (χ0) is 15.0. The molecular formula is C16H17ClN2O2. The average Bonchev–Trinajstić information content (AvgIpc) is 2.49. The van der Waals surface area contributed by atoms with E-state index in [-0.39, 0.29) is 5.92 Å². The second-order valence-electron chi connectivity index (χ2n) is 5.36. The first-order chi connectivity index (χ1) is 10.1. The molecule has 5 heteroatoms. The molecule has 0 fully saturated rings. The number of rotatable bonds is 2. The number of halogens is 1. The first-order valence-electron chi connectivity index (χ1n) is 7.00. The van der Waals surface area contributed by atoms with Crippen LogP contribution in [0, 0.1) is 6.92 Å². The molecule has 2 heterocycles. The molecule has 0 atom stereocenters. The predicted octanol–water partition coefficient (Wildman–Crippen LogP) is 4.00. The fraction of sp³-hybridized carbons (Fsp3) is 0.375. The molecule has 110 valence electrons. The van der Waals surface area contributed by atoms with Crippen LogP contribution in [-0.2, 0) is 0 Å². The molecule has 4 nitrogen and oxygen atoms in total. The van der Waals surface area contributed by atoms with Crippen LogP contribution in [0.5, 0.6) is 11.5 Å². The van der Waals surface area contributed by atoms with Gasteiger partial charge in [-0.3, -0.25) is 0 Å². The van der Waals surface area contributed by atoms with Crippen molar-refractivity contribution < 1.29 is 9.47 Å². The first kappa shape index (κ1) is 14.1. The Morgan fingerprint density at radius 2 is 1.81 bits per heavy atom. The van der Waals surface area contributed by atoms with Gasteiger partial charge in [-0.05, 0) is 25.1 Å². The highest BCUT2D eigenvalue weighted by Crippen LogP contribution is 2.36. The Hall–Kier alpha value is -1.81. The number of benzene rings is 1. The number of aromatic nitrogens is 2. The molecule has 0 amide bonds. The Bertz CT molecular complexity index is 686.